The summed E-state index contributed by atoms with van der Waals surface area (Å²) in [4.78, 5) is 9.71. The summed E-state index contributed by atoms with van der Waals surface area (Å²) in [6.07, 6.45) is 0. The van der Waals surface area contributed by atoms with E-state index in [2.05, 4.69) is 0 Å². The SMILES string of the molecule is CC(C#N)CNS(=O)(=O)c1ccc(F)c(C(=O)O)c1F. The number of rotatable bonds is 5. The summed E-state index contributed by atoms with van der Waals surface area (Å²) < 4.78 is 52.5. The minimum atomic E-state index is -4.37. The summed E-state index contributed by atoms with van der Waals surface area (Å²) in [5, 5.41) is 17.2. The number of nitriles is 1. The monoisotopic (exact) mass is 304 g/mol. The summed E-state index contributed by atoms with van der Waals surface area (Å²) >= 11 is 0. The van der Waals surface area contributed by atoms with Crippen LogP contribution in [0.4, 0.5) is 8.78 Å². The highest BCUT2D eigenvalue weighted by atomic mass is 32.2. The van der Waals surface area contributed by atoms with Crippen LogP contribution in [-0.2, 0) is 10.0 Å². The maximum absolute atomic E-state index is 13.8. The Labute approximate surface area is 113 Å². The van der Waals surface area contributed by atoms with Crippen molar-refractivity contribution in [2.24, 2.45) is 5.92 Å². The first-order valence-electron chi connectivity index (χ1n) is 5.31. The van der Waals surface area contributed by atoms with Gasteiger partial charge in [0.2, 0.25) is 10.0 Å². The second-order valence-electron chi connectivity index (χ2n) is 3.92. The predicted octanol–water partition coefficient (Wildman–Crippen LogP) is 1.10. The Balaban J connectivity index is 3.24. The summed E-state index contributed by atoms with van der Waals surface area (Å²) in [7, 11) is -4.37. The Morgan fingerprint density at radius 2 is 2.10 bits per heavy atom. The molecule has 0 saturated carbocycles. The lowest BCUT2D eigenvalue weighted by Crippen LogP contribution is -2.29. The van der Waals surface area contributed by atoms with Gasteiger partial charge in [-0.25, -0.2) is 26.7 Å². The number of carboxylic acids is 1. The molecule has 20 heavy (non-hydrogen) atoms. The molecule has 0 heterocycles. The molecule has 1 unspecified atom stereocenters. The van der Waals surface area contributed by atoms with E-state index in [0.29, 0.717) is 12.1 Å². The van der Waals surface area contributed by atoms with E-state index in [9.17, 15) is 22.0 Å². The van der Waals surface area contributed by atoms with Crippen molar-refractivity contribution < 1.29 is 27.1 Å². The maximum Gasteiger partial charge on any atom is 0.341 e. The van der Waals surface area contributed by atoms with Crippen molar-refractivity contribution in [2.75, 3.05) is 6.54 Å². The molecule has 0 aromatic heterocycles. The second kappa shape index (κ2) is 5.94. The van der Waals surface area contributed by atoms with Crippen LogP contribution in [-0.4, -0.2) is 26.0 Å². The molecule has 0 aliphatic carbocycles. The van der Waals surface area contributed by atoms with Crippen LogP contribution in [0.15, 0.2) is 17.0 Å². The molecule has 2 N–H and O–H groups in total. The fourth-order valence-electron chi connectivity index (χ4n) is 1.30. The molecule has 1 atom stereocenters. The first-order valence-corrected chi connectivity index (χ1v) is 6.79. The van der Waals surface area contributed by atoms with Crippen LogP contribution in [0.2, 0.25) is 0 Å². The number of nitrogens with one attached hydrogen (secondary N) is 1. The Morgan fingerprint density at radius 3 is 2.60 bits per heavy atom. The number of benzene rings is 1. The zero-order valence-corrected chi connectivity index (χ0v) is 11.0. The molecule has 6 nitrogen and oxygen atoms in total. The number of nitrogens with zero attached hydrogens (tertiary/aromatic N) is 1. The minimum absolute atomic E-state index is 0.280. The van der Waals surface area contributed by atoms with E-state index >= 15 is 0 Å². The van der Waals surface area contributed by atoms with Crippen LogP contribution < -0.4 is 4.72 Å². The second-order valence-corrected chi connectivity index (χ2v) is 5.66. The average molecular weight is 304 g/mol. The van der Waals surface area contributed by atoms with E-state index < -0.39 is 44.0 Å². The van der Waals surface area contributed by atoms with Gasteiger partial charge >= 0.3 is 5.97 Å². The highest BCUT2D eigenvalue weighted by Crippen LogP contribution is 2.21. The Kier molecular flexibility index (Phi) is 4.75. The molecule has 0 aliphatic rings. The van der Waals surface area contributed by atoms with E-state index in [0.717, 1.165) is 0 Å². The number of hydrogen-bond donors (Lipinski definition) is 2. The third-order valence-electron chi connectivity index (χ3n) is 2.36. The van der Waals surface area contributed by atoms with Crippen LogP contribution >= 0.6 is 0 Å². The van der Waals surface area contributed by atoms with Gasteiger partial charge in [0.05, 0.1) is 12.0 Å². The topological polar surface area (TPSA) is 107 Å². The molecule has 0 amide bonds. The average Bonchev–Trinajstić information content (AvgIpc) is 2.35. The molecule has 0 spiro atoms. The van der Waals surface area contributed by atoms with Gasteiger partial charge in [-0.15, -0.1) is 0 Å². The zero-order valence-electron chi connectivity index (χ0n) is 10.2. The zero-order chi connectivity index (χ0) is 15.5. The van der Waals surface area contributed by atoms with E-state index in [4.69, 9.17) is 10.4 Å². The van der Waals surface area contributed by atoms with E-state index in [-0.39, 0.29) is 6.54 Å². The van der Waals surface area contributed by atoms with Crippen LogP contribution in [0.5, 0.6) is 0 Å². The van der Waals surface area contributed by atoms with E-state index in [1.807, 2.05) is 4.72 Å². The van der Waals surface area contributed by atoms with Gasteiger partial charge in [-0.05, 0) is 19.1 Å². The molecule has 9 heteroatoms. The lowest BCUT2D eigenvalue weighted by atomic mass is 10.2. The summed E-state index contributed by atoms with van der Waals surface area (Å²) in [5.74, 6) is -5.64. The number of halogens is 2. The Hall–Kier alpha value is -2.05. The number of hydrogen-bond acceptors (Lipinski definition) is 4. The molecule has 1 aromatic carbocycles. The minimum Gasteiger partial charge on any atom is -0.477 e. The van der Waals surface area contributed by atoms with Gasteiger partial charge in [0, 0.05) is 6.54 Å². The molecule has 0 radical (unpaired) electrons. The van der Waals surface area contributed by atoms with Crippen molar-refractivity contribution in [3.05, 3.63) is 29.3 Å². The summed E-state index contributed by atoms with van der Waals surface area (Å²) in [6, 6.07) is 2.94. The van der Waals surface area contributed by atoms with Crippen LogP contribution in [0.25, 0.3) is 0 Å². The van der Waals surface area contributed by atoms with Crippen molar-refractivity contribution in [2.45, 2.75) is 11.8 Å². The van der Waals surface area contributed by atoms with E-state index in [1.165, 1.54) is 6.92 Å². The highest BCUT2D eigenvalue weighted by Gasteiger charge is 2.27. The molecule has 1 aromatic rings. The maximum atomic E-state index is 13.8. The van der Waals surface area contributed by atoms with Gasteiger partial charge in [0.15, 0.2) is 5.82 Å². The normalized spacial score (nSPS) is 12.7. The number of sulfonamides is 1. The Bertz CT molecular complexity index is 682. The molecule has 108 valence electrons. The fourth-order valence-corrected chi connectivity index (χ4v) is 2.51. The third-order valence-corrected chi connectivity index (χ3v) is 3.80. The first kappa shape index (κ1) is 16.0. The van der Waals surface area contributed by atoms with Crippen LogP contribution in [0, 0.1) is 28.9 Å². The summed E-state index contributed by atoms with van der Waals surface area (Å²) in [6.45, 7) is 1.16. The molecule has 0 fully saturated rings. The van der Waals surface area contributed by atoms with Gasteiger partial charge in [0.25, 0.3) is 0 Å². The standard InChI is InChI=1S/C11H10F2N2O4S/c1-6(4-14)5-15-20(18,19)8-3-2-7(12)9(10(8)13)11(16)17/h2-3,6,15H,5H2,1H3,(H,16,17). The molecule has 1 rings (SSSR count). The lowest BCUT2D eigenvalue weighted by Gasteiger charge is -2.10. The molecular formula is C11H10F2N2O4S. The van der Waals surface area contributed by atoms with Crippen molar-refractivity contribution in [3.8, 4) is 6.07 Å². The smallest absolute Gasteiger partial charge is 0.341 e. The van der Waals surface area contributed by atoms with E-state index in [1.54, 1.807) is 6.07 Å². The van der Waals surface area contributed by atoms with Gasteiger partial charge in [-0.1, -0.05) is 0 Å². The summed E-state index contributed by atoms with van der Waals surface area (Å²) in [5.41, 5.74) is -1.35. The molecule has 0 saturated heterocycles. The highest BCUT2D eigenvalue weighted by molar-refractivity contribution is 7.89. The lowest BCUT2D eigenvalue weighted by molar-refractivity contribution is 0.0685. The quantitative estimate of drug-likeness (QED) is 0.847. The molecular weight excluding hydrogens is 294 g/mol. The van der Waals surface area contributed by atoms with Crippen LogP contribution in [0.1, 0.15) is 17.3 Å². The number of carboxylic acid groups (broad SMARTS) is 1. The molecule has 0 aliphatic heterocycles. The van der Waals surface area contributed by atoms with Crippen LogP contribution in [0.3, 0.4) is 0 Å². The van der Waals surface area contributed by atoms with Gasteiger partial charge in [-0.2, -0.15) is 5.26 Å². The first-order chi connectivity index (χ1) is 9.20. The number of aromatic carboxylic acids is 1. The Morgan fingerprint density at radius 1 is 1.50 bits per heavy atom. The van der Waals surface area contributed by atoms with Crippen molar-refractivity contribution >= 4 is 16.0 Å². The fraction of sp³-hybridized carbons (Fsp3) is 0.273. The molecule has 0 bridgehead atoms. The number of carbonyl (C=O) groups is 1. The van der Waals surface area contributed by atoms with Gasteiger partial charge < -0.3 is 5.11 Å². The third kappa shape index (κ3) is 3.28. The van der Waals surface area contributed by atoms with Crippen molar-refractivity contribution in [1.29, 1.82) is 5.26 Å². The van der Waals surface area contributed by atoms with Crippen molar-refractivity contribution in [1.82, 2.24) is 4.72 Å². The van der Waals surface area contributed by atoms with Gasteiger partial charge in [0.1, 0.15) is 16.3 Å². The van der Waals surface area contributed by atoms with Gasteiger partial charge in [-0.3, -0.25) is 0 Å². The largest absolute Gasteiger partial charge is 0.477 e. The predicted molar refractivity (Wildman–Crippen MR) is 63.3 cm³/mol. The van der Waals surface area contributed by atoms with Crippen molar-refractivity contribution in [3.63, 3.8) is 0 Å².